The van der Waals surface area contributed by atoms with Gasteiger partial charge in [-0.3, -0.25) is 0 Å². The van der Waals surface area contributed by atoms with Gasteiger partial charge < -0.3 is 19.6 Å². The van der Waals surface area contributed by atoms with E-state index in [9.17, 15) is 4.79 Å². The van der Waals surface area contributed by atoms with E-state index in [0.29, 0.717) is 22.9 Å². The second-order valence-corrected chi connectivity index (χ2v) is 6.75. The fourth-order valence-electron chi connectivity index (χ4n) is 3.34. The highest BCUT2D eigenvalue weighted by Crippen LogP contribution is 2.31. The van der Waals surface area contributed by atoms with Crippen LogP contribution in [-0.2, 0) is 16.1 Å². The van der Waals surface area contributed by atoms with E-state index in [-0.39, 0.29) is 13.2 Å². The molecule has 0 amide bonds. The van der Waals surface area contributed by atoms with Crippen LogP contribution < -0.4 is 10.5 Å². The zero-order valence-electron chi connectivity index (χ0n) is 15.9. The van der Waals surface area contributed by atoms with Gasteiger partial charge in [0, 0.05) is 16.2 Å². The van der Waals surface area contributed by atoms with Gasteiger partial charge in [-0.2, -0.15) is 0 Å². The molecular weight excluding hydrogens is 382 g/mol. The summed E-state index contributed by atoms with van der Waals surface area (Å²) in [6, 6.07) is 20.6. The molecule has 30 heavy (non-hydrogen) atoms. The molecule has 0 aliphatic heterocycles. The van der Waals surface area contributed by atoms with Gasteiger partial charge in [-0.1, -0.05) is 30.3 Å². The Balaban J connectivity index is 1.24. The van der Waals surface area contributed by atoms with Crippen molar-refractivity contribution >= 4 is 44.6 Å². The minimum Gasteiger partial charge on any atom is -0.482 e. The van der Waals surface area contributed by atoms with E-state index in [1.807, 2.05) is 60.7 Å². The number of aromatic nitrogens is 2. The van der Waals surface area contributed by atoms with E-state index < -0.39 is 5.97 Å². The summed E-state index contributed by atoms with van der Waals surface area (Å²) >= 11 is 0. The van der Waals surface area contributed by atoms with Gasteiger partial charge in [-0.05, 0) is 36.4 Å². The molecule has 0 saturated heterocycles. The highest BCUT2D eigenvalue weighted by atomic mass is 16.6. The Labute approximate surface area is 171 Å². The minimum absolute atomic E-state index is 0.0807. The fraction of sp³-hybridized carbons (Fsp3) is 0.0870. The number of fused-ring (bicyclic) bond motifs is 4. The molecule has 0 bridgehead atoms. The lowest BCUT2D eigenvalue weighted by atomic mass is 10.1. The van der Waals surface area contributed by atoms with Gasteiger partial charge in [0.2, 0.25) is 0 Å². The summed E-state index contributed by atoms with van der Waals surface area (Å²) in [5.74, 6) is 0.717. The number of hydrogen-bond acceptors (Lipinski definition) is 7. The molecule has 148 valence electrons. The van der Waals surface area contributed by atoms with Crippen molar-refractivity contribution in [3.05, 3.63) is 72.6 Å². The zero-order chi connectivity index (χ0) is 20.5. The van der Waals surface area contributed by atoms with Crippen molar-refractivity contribution in [1.29, 1.82) is 0 Å². The number of para-hydroxylation sites is 2. The molecule has 0 unspecified atom stereocenters. The van der Waals surface area contributed by atoms with Crippen LogP contribution in [0.5, 0.6) is 5.75 Å². The van der Waals surface area contributed by atoms with Crippen LogP contribution in [0.1, 0.15) is 5.82 Å². The predicted octanol–water partition coefficient (Wildman–Crippen LogP) is 4.23. The van der Waals surface area contributed by atoms with Gasteiger partial charge in [0.25, 0.3) is 0 Å². The van der Waals surface area contributed by atoms with E-state index >= 15 is 0 Å². The summed E-state index contributed by atoms with van der Waals surface area (Å²) in [6.45, 7) is -0.313. The number of rotatable bonds is 5. The van der Waals surface area contributed by atoms with Crippen molar-refractivity contribution < 1.29 is 18.7 Å². The minimum atomic E-state index is -0.525. The quantitative estimate of drug-likeness (QED) is 0.441. The first-order valence-electron chi connectivity index (χ1n) is 9.38. The van der Waals surface area contributed by atoms with E-state index in [1.54, 1.807) is 6.07 Å². The third-order valence-electron chi connectivity index (χ3n) is 4.75. The van der Waals surface area contributed by atoms with Gasteiger partial charge in [-0.15, -0.1) is 0 Å². The van der Waals surface area contributed by atoms with E-state index in [0.717, 1.165) is 27.3 Å². The lowest BCUT2D eigenvalue weighted by molar-refractivity contribution is -0.147. The molecule has 0 saturated carbocycles. The molecule has 0 aliphatic rings. The maximum absolute atomic E-state index is 12.1. The third kappa shape index (κ3) is 3.37. The topological polar surface area (TPSA) is 100 Å². The molecule has 0 aliphatic carbocycles. The molecule has 0 fully saturated rings. The molecule has 3 aromatic carbocycles. The van der Waals surface area contributed by atoms with Crippen molar-refractivity contribution in [3.8, 4) is 5.75 Å². The molecule has 5 rings (SSSR count). The van der Waals surface area contributed by atoms with E-state index in [1.165, 1.54) is 0 Å². The number of nitrogens with two attached hydrogens (primary N) is 1. The van der Waals surface area contributed by atoms with Crippen molar-refractivity contribution in [2.75, 3.05) is 12.3 Å². The van der Waals surface area contributed by atoms with E-state index in [2.05, 4.69) is 9.97 Å². The molecule has 7 nitrogen and oxygen atoms in total. The number of nitrogens with zero attached hydrogens (tertiary/aromatic N) is 2. The maximum atomic E-state index is 12.1. The van der Waals surface area contributed by atoms with Crippen LogP contribution in [0.4, 0.5) is 5.82 Å². The van der Waals surface area contributed by atoms with E-state index in [4.69, 9.17) is 19.6 Å². The molecule has 5 aromatic rings. The van der Waals surface area contributed by atoms with Crippen molar-refractivity contribution in [2.24, 2.45) is 0 Å². The Morgan fingerprint density at radius 2 is 1.67 bits per heavy atom. The van der Waals surface area contributed by atoms with Crippen LogP contribution in [0.2, 0.25) is 0 Å². The second-order valence-electron chi connectivity index (χ2n) is 6.75. The standard InChI is InChI=1S/C23H17N3O4/c24-23-16-6-1-3-7-18(16)25-21(26-23)12-29-22(27)13-28-14-9-10-20-17(11-14)15-5-2-4-8-19(15)30-20/h1-11H,12-13H2,(H2,24,25,26). The molecule has 2 heterocycles. The smallest absolute Gasteiger partial charge is 0.344 e. The summed E-state index contributed by atoms with van der Waals surface area (Å²) in [4.78, 5) is 20.7. The number of anilines is 1. The molecular formula is C23H17N3O4. The van der Waals surface area contributed by atoms with Crippen molar-refractivity contribution in [3.63, 3.8) is 0 Å². The number of carbonyl (C=O) groups is 1. The lowest BCUT2D eigenvalue weighted by Gasteiger charge is -2.08. The summed E-state index contributed by atoms with van der Waals surface area (Å²) in [5, 5.41) is 2.68. The Morgan fingerprint density at radius 1 is 0.900 bits per heavy atom. The molecule has 7 heteroatoms. The van der Waals surface area contributed by atoms with Gasteiger partial charge in [-0.25, -0.2) is 14.8 Å². The number of ether oxygens (including phenoxy) is 2. The first-order valence-corrected chi connectivity index (χ1v) is 9.38. The van der Waals surface area contributed by atoms with Crippen LogP contribution >= 0.6 is 0 Å². The molecule has 0 radical (unpaired) electrons. The summed E-state index contributed by atoms with van der Waals surface area (Å²) in [6.07, 6.45) is 0. The number of nitrogen functional groups attached to an aromatic ring is 1. The number of hydrogen-bond donors (Lipinski definition) is 1. The Hall–Kier alpha value is -4.13. The highest BCUT2D eigenvalue weighted by Gasteiger charge is 2.11. The second kappa shape index (κ2) is 7.36. The number of benzene rings is 3. The normalized spacial score (nSPS) is 11.2. The molecule has 0 spiro atoms. The monoisotopic (exact) mass is 399 g/mol. The molecule has 2 aromatic heterocycles. The average Bonchev–Trinajstić information content (AvgIpc) is 3.14. The van der Waals surface area contributed by atoms with Crippen LogP contribution in [0.15, 0.2) is 71.1 Å². The maximum Gasteiger partial charge on any atom is 0.344 e. The van der Waals surface area contributed by atoms with Crippen molar-refractivity contribution in [2.45, 2.75) is 6.61 Å². The number of esters is 1. The SMILES string of the molecule is Nc1nc(COC(=O)COc2ccc3oc4ccccc4c3c2)nc2ccccc12. The van der Waals surface area contributed by atoms with Gasteiger partial charge in [0.15, 0.2) is 19.0 Å². The molecule has 2 N–H and O–H groups in total. The number of carbonyl (C=O) groups excluding carboxylic acids is 1. The zero-order valence-corrected chi connectivity index (χ0v) is 15.9. The Morgan fingerprint density at radius 3 is 2.57 bits per heavy atom. The van der Waals surface area contributed by atoms with Crippen LogP contribution in [0.3, 0.4) is 0 Å². The fourth-order valence-corrected chi connectivity index (χ4v) is 3.34. The van der Waals surface area contributed by atoms with Gasteiger partial charge in [0.1, 0.15) is 22.7 Å². The third-order valence-corrected chi connectivity index (χ3v) is 4.75. The highest BCUT2D eigenvalue weighted by molar-refractivity contribution is 6.05. The van der Waals surface area contributed by atoms with Crippen LogP contribution in [0.25, 0.3) is 32.8 Å². The largest absolute Gasteiger partial charge is 0.482 e. The first-order chi connectivity index (χ1) is 14.7. The Kier molecular flexibility index (Phi) is 4.40. The first kappa shape index (κ1) is 17.9. The summed E-state index contributed by atoms with van der Waals surface area (Å²) in [5.41, 5.74) is 8.22. The van der Waals surface area contributed by atoms with Crippen LogP contribution in [-0.4, -0.2) is 22.5 Å². The van der Waals surface area contributed by atoms with Crippen molar-refractivity contribution in [1.82, 2.24) is 9.97 Å². The van der Waals surface area contributed by atoms with Gasteiger partial charge in [0.05, 0.1) is 5.52 Å². The predicted molar refractivity (Wildman–Crippen MR) is 113 cm³/mol. The summed E-state index contributed by atoms with van der Waals surface area (Å²) in [7, 11) is 0. The average molecular weight is 399 g/mol. The van der Waals surface area contributed by atoms with Gasteiger partial charge >= 0.3 is 5.97 Å². The van der Waals surface area contributed by atoms with Crippen LogP contribution in [0, 0.1) is 0 Å². The Bertz CT molecular complexity index is 1390. The lowest BCUT2D eigenvalue weighted by Crippen LogP contribution is -2.15. The number of furan rings is 1. The summed E-state index contributed by atoms with van der Waals surface area (Å²) < 4.78 is 16.6. The molecule has 0 atom stereocenters.